The molecule has 0 spiro atoms. The number of hydrogen-bond donors (Lipinski definition) is 0. The average molecular weight is 437 g/mol. The van der Waals surface area contributed by atoms with Crippen LogP contribution in [0.2, 0.25) is 0 Å². The lowest BCUT2D eigenvalue weighted by molar-refractivity contribution is 0.0718. The molecule has 0 N–H and O–H groups in total. The van der Waals surface area contributed by atoms with E-state index in [1.165, 1.54) is 6.07 Å². The summed E-state index contributed by atoms with van der Waals surface area (Å²) in [5.74, 6) is -0.761. The second kappa shape index (κ2) is 9.25. The Balaban J connectivity index is 1.83. The summed E-state index contributed by atoms with van der Waals surface area (Å²) in [7, 11) is 0. The molecule has 5 nitrogen and oxygen atoms in total. The molecule has 0 saturated heterocycles. The molecule has 3 aromatic rings. The molecule has 6 heteroatoms. The van der Waals surface area contributed by atoms with Gasteiger partial charge >= 0.3 is 0 Å². The first-order chi connectivity index (χ1) is 15.5. The minimum absolute atomic E-state index is 0.0304. The van der Waals surface area contributed by atoms with E-state index in [4.69, 9.17) is 4.42 Å². The maximum absolute atomic E-state index is 14.9. The summed E-state index contributed by atoms with van der Waals surface area (Å²) in [4.78, 5) is 30.8. The number of carbonyl (C=O) groups is 1. The van der Waals surface area contributed by atoms with Gasteiger partial charge in [0.05, 0.1) is 17.0 Å². The first kappa shape index (κ1) is 22.2. The van der Waals surface area contributed by atoms with E-state index in [0.717, 1.165) is 38.0 Å². The fourth-order valence-electron chi connectivity index (χ4n) is 4.54. The highest BCUT2D eigenvalue weighted by Crippen LogP contribution is 2.39. The van der Waals surface area contributed by atoms with Crippen LogP contribution in [0.4, 0.5) is 4.39 Å². The largest absolute Gasteiger partial charge is 0.450 e. The van der Waals surface area contributed by atoms with Crippen molar-refractivity contribution in [2.75, 3.05) is 26.2 Å². The van der Waals surface area contributed by atoms with E-state index in [0.29, 0.717) is 23.1 Å². The number of rotatable bonds is 8. The summed E-state index contributed by atoms with van der Waals surface area (Å²) in [6.45, 7) is 9.29. The van der Waals surface area contributed by atoms with Gasteiger partial charge in [-0.3, -0.25) is 9.59 Å². The van der Waals surface area contributed by atoms with Crippen molar-refractivity contribution in [2.24, 2.45) is 0 Å². The number of halogens is 1. The van der Waals surface area contributed by atoms with E-state index in [-0.39, 0.29) is 22.7 Å². The molecule has 0 bridgehead atoms. The van der Waals surface area contributed by atoms with E-state index >= 15 is 0 Å². The number of benzene rings is 2. The normalized spacial score (nSPS) is 15.7. The lowest BCUT2D eigenvalue weighted by Crippen LogP contribution is -2.33. The summed E-state index contributed by atoms with van der Waals surface area (Å²) >= 11 is 0. The van der Waals surface area contributed by atoms with Crippen LogP contribution in [0.1, 0.15) is 60.5 Å². The zero-order valence-corrected chi connectivity index (χ0v) is 18.9. The topological polar surface area (TPSA) is 53.8 Å². The predicted octanol–water partition coefficient (Wildman–Crippen LogP) is 4.77. The van der Waals surface area contributed by atoms with Crippen molar-refractivity contribution in [3.05, 3.63) is 81.0 Å². The van der Waals surface area contributed by atoms with Crippen LogP contribution in [0.3, 0.4) is 0 Å². The van der Waals surface area contributed by atoms with Gasteiger partial charge in [-0.2, -0.15) is 0 Å². The molecule has 32 heavy (non-hydrogen) atoms. The highest BCUT2D eigenvalue weighted by Gasteiger charge is 2.43. The monoisotopic (exact) mass is 436 g/mol. The number of fused-ring (bicyclic) bond motifs is 2. The molecule has 168 valence electrons. The van der Waals surface area contributed by atoms with Crippen molar-refractivity contribution in [1.29, 1.82) is 0 Å². The second-order valence-corrected chi connectivity index (χ2v) is 8.16. The molecule has 1 aliphatic heterocycles. The van der Waals surface area contributed by atoms with Gasteiger partial charge in [0.2, 0.25) is 5.76 Å². The molecule has 0 fully saturated rings. The molecule has 1 aliphatic rings. The molecule has 4 rings (SSSR count). The quantitative estimate of drug-likeness (QED) is 0.510. The van der Waals surface area contributed by atoms with Gasteiger partial charge in [-0.15, -0.1) is 0 Å². The number of carbonyl (C=O) groups excluding carboxylic acids is 1. The van der Waals surface area contributed by atoms with Crippen molar-refractivity contribution in [1.82, 2.24) is 9.80 Å². The average Bonchev–Trinajstić information content (AvgIpc) is 3.08. The van der Waals surface area contributed by atoms with Crippen LogP contribution in [0.25, 0.3) is 11.0 Å². The van der Waals surface area contributed by atoms with Gasteiger partial charge in [0, 0.05) is 12.1 Å². The van der Waals surface area contributed by atoms with E-state index < -0.39 is 11.9 Å². The van der Waals surface area contributed by atoms with Crippen molar-refractivity contribution in [3.63, 3.8) is 0 Å². The van der Waals surface area contributed by atoms with Crippen molar-refractivity contribution >= 4 is 16.9 Å². The van der Waals surface area contributed by atoms with Crippen LogP contribution in [0, 0.1) is 5.82 Å². The Morgan fingerprint density at radius 2 is 1.81 bits per heavy atom. The molecule has 2 heterocycles. The third kappa shape index (κ3) is 3.84. The number of hydrogen-bond acceptors (Lipinski definition) is 4. The Morgan fingerprint density at radius 3 is 2.50 bits per heavy atom. The lowest BCUT2D eigenvalue weighted by atomic mass is 9.97. The molecule has 0 saturated carbocycles. The SMILES string of the molecule is CCc1ccc2oc3c(c(=O)c2c1)C(c1ccccc1F)N(CCCN(CC)CC)C3=O. The standard InChI is InChI=1S/C26H29FN2O3/c1-4-17-12-13-21-19(16-17)24(30)22-23(18-10-7-8-11-20(18)27)29(26(31)25(22)32-21)15-9-14-28(5-2)6-3/h7-8,10-13,16,23H,4-6,9,14-15H2,1-3H3. The first-order valence-electron chi connectivity index (χ1n) is 11.4. The van der Waals surface area contributed by atoms with Crippen LogP contribution in [-0.4, -0.2) is 41.9 Å². The van der Waals surface area contributed by atoms with Crippen molar-refractivity contribution < 1.29 is 13.6 Å². The zero-order valence-electron chi connectivity index (χ0n) is 18.9. The number of nitrogens with zero attached hydrogens (tertiary/aromatic N) is 2. The third-order valence-corrected chi connectivity index (χ3v) is 6.41. The molecule has 1 amide bonds. The minimum atomic E-state index is -0.790. The fraction of sp³-hybridized carbons (Fsp3) is 0.385. The molecule has 1 aromatic heterocycles. The van der Waals surface area contributed by atoms with Gasteiger partial charge in [0.25, 0.3) is 5.91 Å². The molecule has 1 unspecified atom stereocenters. The Hall–Kier alpha value is -2.99. The van der Waals surface area contributed by atoms with E-state index in [1.807, 2.05) is 19.1 Å². The second-order valence-electron chi connectivity index (χ2n) is 8.16. The Kier molecular flexibility index (Phi) is 6.42. The van der Waals surface area contributed by atoms with Crippen LogP contribution in [0.5, 0.6) is 0 Å². The van der Waals surface area contributed by atoms with E-state index in [2.05, 4.69) is 18.7 Å². The smallest absolute Gasteiger partial charge is 0.290 e. The van der Waals surface area contributed by atoms with Crippen LogP contribution >= 0.6 is 0 Å². The predicted molar refractivity (Wildman–Crippen MR) is 124 cm³/mol. The fourth-order valence-corrected chi connectivity index (χ4v) is 4.54. The molecule has 0 radical (unpaired) electrons. The molecule has 1 atom stereocenters. The highest BCUT2D eigenvalue weighted by atomic mass is 19.1. The zero-order chi connectivity index (χ0) is 22.8. The van der Waals surface area contributed by atoms with Crippen LogP contribution in [0.15, 0.2) is 51.7 Å². The Bertz CT molecular complexity index is 1200. The van der Waals surface area contributed by atoms with E-state index in [9.17, 15) is 14.0 Å². The maximum Gasteiger partial charge on any atom is 0.290 e. The van der Waals surface area contributed by atoms with Crippen LogP contribution < -0.4 is 5.43 Å². The molecular weight excluding hydrogens is 407 g/mol. The minimum Gasteiger partial charge on any atom is -0.450 e. The maximum atomic E-state index is 14.9. The summed E-state index contributed by atoms with van der Waals surface area (Å²) < 4.78 is 20.8. The highest BCUT2D eigenvalue weighted by molar-refractivity contribution is 5.99. The number of amides is 1. The van der Waals surface area contributed by atoms with Crippen molar-refractivity contribution in [3.8, 4) is 0 Å². The molecule has 2 aromatic carbocycles. The summed E-state index contributed by atoms with van der Waals surface area (Å²) in [5.41, 5.74) is 1.69. The Labute approximate surface area is 187 Å². The summed E-state index contributed by atoms with van der Waals surface area (Å²) in [6.07, 6.45) is 1.50. The van der Waals surface area contributed by atoms with Gasteiger partial charge in [-0.1, -0.05) is 45.0 Å². The summed E-state index contributed by atoms with van der Waals surface area (Å²) in [6, 6.07) is 11.0. The molecule has 0 aliphatic carbocycles. The van der Waals surface area contributed by atoms with Gasteiger partial charge in [-0.25, -0.2) is 4.39 Å². The van der Waals surface area contributed by atoms with E-state index in [1.54, 1.807) is 29.2 Å². The van der Waals surface area contributed by atoms with Crippen molar-refractivity contribution in [2.45, 2.75) is 39.7 Å². The molecular formula is C26H29FN2O3. The van der Waals surface area contributed by atoms with Gasteiger partial charge in [0.15, 0.2) is 5.43 Å². The Morgan fingerprint density at radius 1 is 1.06 bits per heavy atom. The van der Waals surface area contributed by atoms with Gasteiger partial charge < -0.3 is 14.2 Å². The summed E-state index contributed by atoms with van der Waals surface area (Å²) in [5, 5.41) is 0.433. The third-order valence-electron chi connectivity index (χ3n) is 6.41. The van der Waals surface area contributed by atoms with Gasteiger partial charge in [0.1, 0.15) is 11.4 Å². The van der Waals surface area contributed by atoms with Crippen LogP contribution in [-0.2, 0) is 6.42 Å². The first-order valence-corrected chi connectivity index (χ1v) is 11.4. The lowest BCUT2D eigenvalue weighted by Gasteiger charge is -2.26. The van der Waals surface area contributed by atoms with Gasteiger partial charge in [-0.05, 0) is 56.2 Å². The number of aryl methyl sites for hydroxylation is 1.